The van der Waals surface area contributed by atoms with E-state index in [1.165, 1.54) is 25.7 Å². The van der Waals surface area contributed by atoms with E-state index < -0.39 is 5.60 Å². The highest BCUT2D eigenvalue weighted by molar-refractivity contribution is 5.87. The lowest BCUT2D eigenvalue weighted by molar-refractivity contribution is -0.143. The molecule has 0 aromatic rings. The van der Waals surface area contributed by atoms with Crippen LogP contribution in [0.5, 0.6) is 0 Å². The third-order valence-electron chi connectivity index (χ3n) is 4.00. The van der Waals surface area contributed by atoms with Gasteiger partial charge in [-0.05, 0) is 25.8 Å². The van der Waals surface area contributed by atoms with Crippen molar-refractivity contribution in [1.29, 1.82) is 0 Å². The van der Waals surface area contributed by atoms with Gasteiger partial charge >= 0.3 is 0 Å². The van der Waals surface area contributed by atoms with Gasteiger partial charge in [0.05, 0.1) is 6.10 Å². The molecule has 2 heteroatoms. The third-order valence-corrected chi connectivity index (χ3v) is 4.00. The maximum atomic E-state index is 12.0. The molecule has 1 aliphatic rings. The van der Waals surface area contributed by atoms with E-state index in [2.05, 4.69) is 13.8 Å². The third kappa shape index (κ3) is 5.24. The summed E-state index contributed by atoms with van der Waals surface area (Å²) in [6, 6.07) is 0. The molecule has 0 saturated carbocycles. The average molecular weight is 278 g/mol. The maximum absolute atomic E-state index is 12.0. The number of hydrogen-bond donors (Lipinski definition) is 0. The van der Waals surface area contributed by atoms with Crippen LogP contribution in [-0.2, 0) is 9.53 Å². The molecule has 20 heavy (non-hydrogen) atoms. The van der Waals surface area contributed by atoms with Gasteiger partial charge in [0.1, 0.15) is 5.60 Å². The van der Waals surface area contributed by atoms with Gasteiger partial charge < -0.3 is 4.74 Å². The molecule has 0 amide bonds. The van der Waals surface area contributed by atoms with Crippen LogP contribution in [0.25, 0.3) is 0 Å². The van der Waals surface area contributed by atoms with Crippen molar-refractivity contribution in [2.45, 2.75) is 83.8 Å². The Morgan fingerprint density at radius 1 is 1.15 bits per heavy atom. The second kappa shape index (κ2) is 9.12. The first-order valence-electron chi connectivity index (χ1n) is 8.18. The van der Waals surface area contributed by atoms with Gasteiger partial charge in [0, 0.05) is 6.42 Å². The molecule has 0 aromatic carbocycles. The van der Waals surface area contributed by atoms with Gasteiger partial charge in [-0.15, -0.1) is 0 Å². The highest BCUT2D eigenvalue weighted by atomic mass is 16.5. The number of ether oxygens (including phenoxy) is 1. The quantitative estimate of drug-likeness (QED) is 0.526. The second-order valence-corrected chi connectivity index (χ2v) is 5.81. The van der Waals surface area contributed by atoms with Crippen molar-refractivity contribution < 1.29 is 9.53 Å². The number of Topliss-reactive ketones (excluding diaryl/α,β-unsaturated/α-hetero) is 1. The van der Waals surface area contributed by atoms with Crippen molar-refractivity contribution in [1.82, 2.24) is 0 Å². The summed E-state index contributed by atoms with van der Waals surface area (Å²) in [7, 11) is 0. The highest BCUT2D eigenvalue weighted by Crippen LogP contribution is 2.28. The molecule has 0 aromatic heterocycles. The van der Waals surface area contributed by atoms with Crippen LogP contribution in [0.3, 0.4) is 0 Å². The predicted molar refractivity (Wildman–Crippen MR) is 84.8 cm³/mol. The first-order valence-corrected chi connectivity index (χ1v) is 8.18. The van der Waals surface area contributed by atoms with E-state index in [1.807, 2.05) is 24.3 Å². The van der Waals surface area contributed by atoms with Crippen LogP contribution in [0, 0.1) is 0 Å². The zero-order valence-corrected chi connectivity index (χ0v) is 13.4. The number of ketones is 1. The number of rotatable bonds is 10. The Hall–Kier alpha value is -0.890. The second-order valence-electron chi connectivity index (χ2n) is 5.81. The summed E-state index contributed by atoms with van der Waals surface area (Å²) in [6.07, 6.45) is 17.0. The summed E-state index contributed by atoms with van der Waals surface area (Å²) < 4.78 is 6.27. The van der Waals surface area contributed by atoms with E-state index in [-0.39, 0.29) is 11.9 Å². The van der Waals surface area contributed by atoms with E-state index in [0.29, 0.717) is 6.42 Å². The topological polar surface area (TPSA) is 26.3 Å². The summed E-state index contributed by atoms with van der Waals surface area (Å²) in [5, 5.41) is 0. The molecule has 0 radical (unpaired) electrons. The van der Waals surface area contributed by atoms with Crippen molar-refractivity contribution in [2.24, 2.45) is 0 Å². The molecule has 1 rings (SSSR count). The first-order chi connectivity index (χ1) is 9.64. The van der Waals surface area contributed by atoms with Crippen molar-refractivity contribution in [3.05, 3.63) is 24.3 Å². The van der Waals surface area contributed by atoms with Crippen LogP contribution < -0.4 is 0 Å². The minimum Gasteiger partial charge on any atom is -0.360 e. The predicted octanol–water partition coefficient (Wildman–Crippen LogP) is 4.99. The normalized spacial score (nSPS) is 22.9. The summed E-state index contributed by atoms with van der Waals surface area (Å²) in [4.78, 5) is 12.0. The molecular weight excluding hydrogens is 248 g/mol. The van der Waals surface area contributed by atoms with Crippen molar-refractivity contribution in [2.75, 3.05) is 0 Å². The fraction of sp³-hybridized carbons (Fsp3) is 0.722. The molecule has 2 nitrogen and oxygen atoms in total. The van der Waals surface area contributed by atoms with Crippen LogP contribution >= 0.6 is 0 Å². The van der Waals surface area contributed by atoms with E-state index in [9.17, 15) is 4.79 Å². The van der Waals surface area contributed by atoms with Gasteiger partial charge in [-0.2, -0.15) is 0 Å². The van der Waals surface area contributed by atoms with Gasteiger partial charge in [-0.3, -0.25) is 4.79 Å². The van der Waals surface area contributed by atoms with Crippen molar-refractivity contribution in [3.8, 4) is 0 Å². The van der Waals surface area contributed by atoms with Gasteiger partial charge in [0.25, 0.3) is 0 Å². The van der Waals surface area contributed by atoms with Crippen LogP contribution in [0.15, 0.2) is 24.3 Å². The van der Waals surface area contributed by atoms with E-state index in [4.69, 9.17) is 4.74 Å². The molecule has 0 spiro atoms. The molecular formula is C18H30O2. The molecule has 0 saturated heterocycles. The lowest BCUT2D eigenvalue weighted by Gasteiger charge is -2.33. The molecule has 1 aliphatic carbocycles. The molecule has 0 heterocycles. The largest absolute Gasteiger partial charge is 0.360 e. The summed E-state index contributed by atoms with van der Waals surface area (Å²) in [5.74, 6) is 0.118. The minimum atomic E-state index is -0.709. The number of carbonyl (C=O) groups excluding carboxylic acids is 1. The standard InChI is InChI=1S/C18H30O2/c1-4-6-7-9-13-17(12-5-2)20-18(16(3)19)14-10-8-11-15-18/h8,10-11,14,17H,4-7,9,12-13,15H2,1-3H3. The monoisotopic (exact) mass is 278 g/mol. The summed E-state index contributed by atoms with van der Waals surface area (Å²) in [5.41, 5.74) is -0.709. The zero-order valence-electron chi connectivity index (χ0n) is 13.4. The summed E-state index contributed by atoms with van der Waals surface area (Å²) >= 11 is 0. The van der Waals surface area contributed by atoms with Crippen molar-refractivity contribution >= 4 is 5.78 Å². The van der Waals surface area contributed by atoms with Gasteiger partial charge in [0.15, 0.2) is 5.78 Å². The van der Waals surface area contributed by atoms with Crippen LogP contribution in [0.2, 0.25) is 0 Å². The molecule has 0 aliphatic heterocycles. The van der Waals surface area contributed by atoms with Gasteiger partial charge in [-0.25, -0.2) is 0 Å². The fourth-order valence-corrected chi connectivity index (χ4v) is 2.71. The van der Waals surface area contributed by atoms with Crippen molar-refractivity contribution in [3.63, 3.8) is 0 Å². The van der Waals surface area contributed by atoms with Crippen LogP contribution in [0.4, 0.5) is 0 Å². The fourth-order valence-electron chi connectivity index (χ4n) is 2.71. The Labute approximate surface area is 124 Å². The van der Waals surface area contributed by atoms with Crippen LogP contribution in [-0.4, -0.2) is 17.5 Å². The SMILES string of the molecule is CCCCCCC(CCC)OC1(C(C)=O)C=CC=CC1. The number of allylic oxidation sites excluding steroid dienone is 2. The summed E-state index contributed by atoms with van der Waals surface area (Å²) in [6.45, 7) is 6.05. The molecule has 2 unspecified atom stereocenters. The smallest absolute Gasteiger partial charge is 0.165 e. The van der Waals surface area contributed by atoms with Gasteiger partial charge in [-0.1, -0.05) is 64.2 Å². The Balaban J connectivity index is 2.59. The highest BCUT2D eigenvalue weighted by Gasteiger charge is 2.35. The Kier molecular flexibility index (Phi) is 7.83. The number of carbonyl (C=O) groups is 1. The molecule has 114 valence electrons. The number of hydrogen-bond acceptors (Lipinski definition) is 2. The van der Waals surface area contributed by atoms with Gasteiger partial charge in [0.2, 0.25) is 0 Å². The average Bonchev–Trinajstić information content (AvgIpc) is 2.44. The van der Waals surface area contributed by atoms with E-state index in [1.54, 1.807) is 6.92 Å². The van der Waals surface area contributed by atoms with E-state index in [0.717, 1.165) is 19.3 Å². The molecule has 0 N–H and O–H groups in total. The lowest BCUT2D eigenvalue weighted by atomic mass is 9.90. The Morgan fingerprint density at radius 3 is 2.50 bits per heavy atom. The lowest BCUT2D eigenvalue weighted by Crippen LogP contribution is -2.42. The maximum Gasteiger partial charge on any atom is 0.165 e. The Bertz CT molecular complexity index is 343. The zero-order chi connectivity index (χ0) is 14.8. The molecule has 0 fully saturated rings. The van der Waals surface area contributed by atoms with Crippen LogP contribution in [0.1, 0.15) is 72.1 Å². The molecule has 2 atom stereocenters. The number of unbranched alkanes of at least 4 members (excludes halogenated alkanes) is 3. The Morgan fingerprint density at radius 2 is 1.95 bits per heavy atom. The van der Waals surface area contributed by atoms with E-state index >= 15 is 0 Å². The first kappa shape index (κ1) is 17.2. The minimum absolute atomic E-state index is 0.118. The molecule has 0 bridgehead atoms.